The van der Waals surface area contributed by atoms with Gasteiger partial charge in [0.15, 0.2) is 11.9 Å². The van der Waals surface area contributed by atoms with Crippen molar-refractivity contribution in [1.29, 1.82) is 0 Å². The van der Waals surface area contributed by atoms with Gasteiger partial charge in [-0.3, -0.25) is 0 Å². The Labute approximate surface area is 172 Å². The van der Waals surface area contributed by atoms with Crippen LogP contribution >= 0.6 is 0 Å². The van der Waals surface area contributed by atoms with E-state index < -0.39 is 17.7 Å². The van der Waals surface area contributed by atoms with Crippen LogP contribution < -0.4 is 0 Å². The lowest BCUT2D eigenvalue weighted by atomic mass is 9.57. The highest BCUT2D eigenvalue weighted by atomic mass is 19.1. The van der Waals surface area contributed by atoms with E-state index in [4.69, 9.17) is 19.2 Å². The minimum atomic E-state index is -0.762. The molecule has 1 aliphatic carbocycles. The quantitative estimate of drug-likeness (QED) is 0.628. The fraction of sp³-hybridized carbons (Fsp3) is 0.667. The first kappa shape index (κ1) is 19.7. The van der Waals surface area contributed by atoms with Crippen molar-refractivity contribution in [2.75, 3.05) is 0 Å². The lowest BCUT2D eigenvalue weighted by Gasteiger charge is -2.60. The molecule has 0 N–H and O–H groups in total. The minimum absolute atomic E-state index is 0.0491. The molecule has 0 amide bonds. The third-order valence-corrected chi connectivity index (χ3v) is 7.98. The molecule has 158 valence electrons. The van der Waals surface area contributed by atoms with Crippen LogP contribution in [0.5, 0.6) is 0 Å². The molecule has 4 saturated heterocycles. The van der Waals surface area contributed by atoms with E-state index in [9.17, 15) is 4.39 Å². The van der Waals surface area contributed by atoms with Crippen molar-refractivity contribution in [3.8, 4) is 0 Å². The Morgan fingerprint density at radius 2 is 2.00 bits per heavy atom. The Kier molecular flexibility index (Phi) is 4.67. The average molecular weight is 403 g/mol. The minimum Gasteiger partial charge on any atom is -0.346 e. The molecule has 29 heavy (non-hydrogen) atoms. The highest BCUT2D eigenvalue weighted by molar-refractivity contribution is 5.63. The van der Waals surface area contributed by atoms with Crippen molar-refractivity contribution in [2.24, 2.45) is 23.7 Å². The van der Waals surface area contributed by atoms with Crippen LogP contribution in [-0.4, -0.2) is 23.8 Å². The molecule has 1 spiro atoms. The molecule has 1 aromatic carbocycles. The van der Waals surface area contributed by atoms with Crippen LogP contribution in [0.2, 0.25) is 0 Å². The first-order valence-corrected chi connectivity index (χ1v) is 11.0. The van der Waals surface area contributed by atoms with E-state index in [0.717, 1.165) is 30.4 Å². The third-order valence-electron chi connectivity index (χ3n) is 7.98. The largest absolute Gasteiger partial charge is 0.346 e. The lowest BCUT2D eigenvalue weighted by Crippen LogP contribution is -2.70. The molecular weight excluding hydrogens is 371 g/mol. The van der Waals surface area contributed by atoms with Gasteiger partial charge in [-0.15, -0.1) is 0 Å². The van der Waals surface area contributed by atoms with Crippen LogP contribution in [0.1, 0.15) is 58.4 Å². The molecule has 4 nitrogen and oxygen atoms in total. The number of rotatable bonds is 3. The van der Waals surface area contributed by atoms with Gasteiger partial charge in [0.05, 0.1) is 6.10 Å². The van der Waals surface area contributed by atoms with Gasteiger partial charge in [-0.25, -0.2) is 14.2 Å². The summed E-state index contributed by atoms with van der Waals surface area (Å²) in [6.07, 6.45) is 4.26. The molecule has 4 heterocycles. The molecular formula is C24H31FO4. The summed E-state index contributed by atoms with van der Waals surface area (Å²) >= 11 is 0. The monoisotopic (exact) mass is 402 g/mol. The maximum absolute atomic E-state index is 13.7. The number of ether oxygens (including phenoxy) is 2. The summed E-state index contributed by atoms with van der Waals surface area (Å²) in [7, 11) is 0. The van der Waals surface area contributed by atoms with Crippen LogP contribution in [0.3, 0.4) is 0 Å². The number of halogens is 1. The van der Waals surface area contributed by atoms with Crippen molar-refractivity contribution in [1.82, 2.24) is 0 Å². The second-order valence-corrected chi connectivity index (χ2v) is 9.76. The maximum Gasteiger partial charge on any atom is 0.201 e. The molecule has 8 atom stereocenters. The smallest absolute Gasteiger partial charge is 0.201 e. The van der Waals surface area contributed by atoms with Gasteiger partial charge in [-0.2, -0.15) is 0 Å². The van der Waals surface area contributed by atoms with E-state index in [1.165, 1.54) is 18.6 Å². The summed E-state index contributed by atoms with van der Waals surface area (Å²) in [6, 6.07) is 6.62. The first-order chi connectivity index (χ1) is 13.8. The standard InChI is InChI=1S/C24H31FO4/c1-14-8-9-20-16(3)21(12-15(2)17-6-5-7-18(25)13-17)26-22-24(20)19(14)10-11-23(4,27-22)28-29-24/h5-7,13-14,16,19-22H,2,8-12H2,1,3-4H3/t14-,16-,19+,20+,21-,22-,23-,24-/m1/s1. The molecule has 4 aliphatic heterocycles. The number of hydrogen-bond donors (Lipinski definition) is 0. The van der Waals surface area contributed by atoms with Crippen molar-refractivity contribution in [3.05, 3.63) is 42.2 Å². The Morgan fingerprint density at radius 1 is 1.17 bits per heavy atom. The third kappa shape index (κ3) is 3.01. The number of hydrogen-bond acceptors (Lipinski definition) is 4. The molecule has 0 unspecified atom stereocenters. The summed E-state index contributed by atoms with van der Waals surface area (Å²) in [6.45, 7) is 10.7. The van der Waals surface area contributed by atoms with Gasteiger partial charge < -0.3 is 9.47 Å². The summed E-state index contributed by atoms with van der Waals surface area (Å²) in [5.74, 6) is 0.479. The zero-order valence-corrected chi connectivity index (χ0v) is 17.5. The van der Waals surface area contributed by atoms with Gasteiger partial charge in [0.1, 0.15) is 5.82 Å². The Morgan fingerprint density at radius 3 is 2.79 bits per heavy atom. The molecule has 2 bridgehead atoms. The fourth-order valence-electron chi connectivity index (χ4n) is 6.28. The second kappa shape index (κ2) is 6.88. The van der Waals surface area contributed by atoms with E-state index in [1.54, 1.807) is 6.07 Å². The average Bonchev–Trinajstić information content (AvgIpc) is 2.92. The zero-order chi connectivity index (χ0) is 20.4. The van der Waals surface area contributed by atoms with Gasteiger partial charge in [0.2, 0.25) is 5.79 Å². The molecule has 5 heteroatoms. The molecule has 1 aromatic rings. The Hall–Kier alpha value is -1.27. The van der Waals surface area contributed by atoms with Crippen LogP contribution in [0.4, 0.5) is 4.39 Å². The summed E-state index contributed by atoms with van der Waals surface area (Å²) in [5, 5.41) is 0. The van der Waals surface area contributed by atoms with Crippen LogP contribution in [0, 0.1) is 29.5 Å². The van der Waals surface area contributed by atoms with E-state index >= 15 is 0 Å². The molecule has 0 radical (unpaired) electrons. The van der Waals surface area contributed by atoms with Crippen LogP contribution in [-0.2, 0) is 19.2 Å². The number of fused-ring (bicyclic) bond motifs is 2. The predicted molar refractivity (Wildman–Crippen MR) is 107 cm³/mol. The molecule has 5 fully saturated rings. The highest BCUT2D eigenvalue weighted by Crippen LogP contribution is 2.61. The predicted octanol–water partition coefficient (Wildman–Crippen LogP) is 5.48. The number of benzene rings is 1. The highest BCUT2D eigenvalue weighted by Gasteiger charge is 2.69. The van der Waals surface area contributed by atoms with Crippen LogP contribution in [0.25, 0.3) is 5.57 Å². The first-order valence-electron chi connectivity index (χ1n) is 11.0. The van der Waals surface area contributed by atoms with E-state index in [0.29, 0.717) is 24.2 Å². The fourth-order valence-corrected chi connectivity index (χ4v) is 6.28. The van der Waals surface area contributed by atoms with Crippen molar-refractivity contribution in [2.45, 2.75) is 76.7 Å². The van der Waals surface area contributed by atoms with Gasteiger partial charge in [0, 0.05) is 12.3 Å². The molecule has 6 rings (SSSR count). The van der Waals surface area contributed by atoms with Crippen LogP contribution in [0.15, 0.2) is 30.8 Å². The topological polar surface area (TPSA) is 36.9 Å². The second-order valence-electron chi connectivity index (χ2n) is 9.76. The van der Waals surface area contributed by atoms with Gasteiger partial charge in [-0.1, -0.05) is 32.6 Å². The Balaban J connectivity index is 1.45. The molecule has 1 saturated carbocycles. The van der Waals surface area contributed by atoms with Gasteiger partial charge in [0.25, 0.3) is 0 Å². The van der Waals surface area contributed by atoms with E-state index in [1.807, 2.05) is 13.0 Å². The zero-order valence-electron chi connectivity index (χ0n) is 17.5. The van der Waals surface area contributed by atoms with Crippen molar-refractivity contribution in [3.63, 3.8) is 0 Å². The van der Waals surface area contributed by atoms with Gasteiger partial charge >= 0.3 is 0 Å². The molecule has 0 aromatic heterocycles. The normalized spacial score (nSPS) is 46.1. The lowest BCUT2D eigenvalue weighted by molar-refractivity contribution is -0.570. The van der Waals surface area contributed by atoms with E-state index in [2.05, 4.69) is 20.4 Å². The summed E-state index contributed by atoms with van der Waals surface area (Å²) < 4.78 is 26.7. The van der Waals surface area contributed by atoms with Gasteiger partial charge in [-0.05, 0) is 73.6 Å². The van der Waals surface area contributed by atoms with Crippen molar-refractivity contribution < 1.29 is 23.6 Å². The van der Waals surface area contributed by atoms with Crippen molar-refractivity contribution >= 4 is 5.57 Å². The van der Waals surface area contributed by atoms with E-state index in [-0.39, 0.29) is 17.8 Å². The Bertz CT molecular complexity index is 812. The SMILES string of the molecule is C=C(C[C@H]1O[C@@H]2O[C@@]3(C)CC[C@H]4[C@H](C)CC[C@@H]([C@H]1C)[C@@]24OO3)c1cccc(F)c1. The summed E-state index contributed by atoms with van der Waals surface area (Å²) in [5.41, 5.74) is 1.18. The summed E-state index contributed by atoms with van der Waals surface area (Å²) in [4.78, 5) is 12.1. The molecule has 5 aliphatic rings. The maximum atomic E-state index is 13.7.